The van der Waals surface area contributed by atoms with Gasteiger partial charge in [-0.05, 0) is 58.8 Å². The van der Waals surface area contributed by atoms with Gasteiger partial charge in [0, 0.05) is 0 Å². The van der Waals surface area contributed by atoms with Crippen LogP contribution in [0.4, 0.5) is 9.59 Å². The monoisotopic (exact) mass is 403 g/mol. The molecule has 0 heterocycles. The van der Waals surface area contributed by atoms with Crippen LogP contribution in [0.2, 0.25) is 0 Å². The summed E-state index contributed by atoms with van der Waals surface area (Å²) in [5.41, 5.74) is -0.769. The molecule has 28 heavy (non-hydrogen) atoms. The zero-order chi connectivity index (χ0) is 21.9. The van der Waals surface area contributed by atoms with E-state index in [9.17, 15) is 14.4 Å². The minimum Gasteiger partial charge on any atom is -0.480 e. The molecule has 0 saturated carbocycles. The number of aliphatic carboxylic acids is 1. The summed E-state index contributed by atoms with van der Waals surface area (Å²) in [6, 6.07) is -1.42. The molecule has 0 aliphatic heterocycles. The van der Waals surface area contributed by atoms with Crippen LogP contribution in [-0.2, 0) is 19.0 Å². The highest BCUT2D eigenvalue weighted by atomic mass is 16.7. The normalized spacial score (nSPS) is 14.7. The predicted molar refractivity (Wildman–Crippen MR) is 105 cm³/mol. The van der Waals surface area contributed by atoms with Crippen LogP contribution < -0.4 is 5.32 Å². The fourth-order valence-corrected chi connectivity index (χ4v) is 2.71. The maximum absolute atomic E-state index is 11.8. The average Bonchev–Trinajstić information content (AvgIpc) is 2.48. The van der Waals surface area contributed by atoms with Gasteiger partial charge < -0.3 is 24.6 Å². The Labute approximate surface area is 168 Å². The topological polar surface area (TPSA) is 111 Å². The summed E-state index contributed by atoms with van der Waals surface area (Å²) in [5, 5.41) is 11.3. The highest BCUT2D eigenvalue weighted by Crippen LogP contribution is 2.18. The molecule has 0 saturated heterocycles. The van der Waals surface area contributed by atoms with E-state index in [0.717, 1.165) is 12.8 Å². The third kappa shape index (κ3) is 14.1. The number of carboxylic acids is 1. The van der Waals surface area contributed by atoms with Gasteiger partial charge in [-0.2, -0.15) is 0 Å². The van der Waals surface area contributed by atoms with Crippen molar-refractivity contribution in [1.29, 1.82) is 0 Å². The van der Waals surface area contributed by atoms with Crippen LogP contribution in [0.15, 0.2) is 0 Å². The number of nitrogens with one attached hydrogen (secondary N) is 1. The SMILES string of the molecule is CC(C)CC(C)CCCC(C)OC(=O)OCC(NC(=O)OC(C)(C)C)C(=O)O. The number of hydrogen-bond donors (Lipinski definition) is 2. The molecule has 0 aromatic carbocycles. The second kappa shape index (κ2) is 12.5. The van der Waals surface area contributed by atoms with E-state index in [-0.39, 0.29) is 6.10 Å². The summed E-state index contributed by atoms with van der Waals surface area (Å²) in [6.45, 7) is 12.8. The zero-order valence-corrected chi connectivity index (χ0v) is 18.2. The Hall–Kier alpha value is -1.99. The molecule has 2 N–H and O–H groups in total. The number of hydrogen-bond acceptors (Lipinski definition) is 6. The van der Waals surface area contributed by atoms with Gasteiger partial charge in [-0.1, -0.05) is 27.2 Å². The Morgan fingerprint density at radius 3 is 2.14 bits per heavy atom. The first kappa shape index (κ1) is 26.0. The standard InChI is InChI=1S/C20H37NO7/c1-13(2)11-14(3)9-8-10-15(4)27-19(25)26-12-16(17(22)23)21-18(24)28-20(5,6)7/h13-16H,8-12H2,1-7H3,(H,21,24)(H,22,23). The number of amides is 1. The van der Waals surface area contributed by atoms with Gasteiger partial charge in [0.1, 0.15) is 18.3 Å². The molecule has 0 spiro atoms. The summed E-state index contributed by atoms with van der Waals surface area (Å²) >= 11 is 0. The smallest absolute Gasteiger partial charge is 0.480 e. The predicted octanol–water partition coefficient (Wildman–Crippen LogP) is 4.36. The molecule has 0 aliphatic rings. The number of alkyl carbamates (subject to hydrolysis) is 1. The van der Waals surface area contributed by atoms with Crippen LogP contribution in [0.5, 0.6) is 0 Å². The summed E-state index contributed by atoms with van der Waals surface area (Å²) in [4.78, 5) is 34.6. The number of ether oxygens (including phenoxy) is 3. The van der Waals surface area contributed by atoms with Crippen LogP contribution in [0.25, 0.3) is 0 Å². The van der Waals surface area contributed by atoms with E-state index < -0.39 is 36.5 Å². The van der Waals surface area contributed by atoms with E-state index in [0.29, 0.717) is 18.3 Å². The fourth-order valence-electron chi connectivity index (χ4n) is 2.71. The molecule has 8 heteroatoms. The van der Waals surface area contributed by atoms with Crippen LogP contribution in [0.1, 0.15) is 74.1 Å². The van der Waals surface area contributed by atoms with Gasteiger partial charge in [-0.25, -0.2) is 14.4 Å². The van der Waals surface area contributed by atoms with Gasteiger partial charge in [-0.15, -0.1) is 0 Å². The van der Waals surface area contributed by atoms with E-state index in [1.807, 2.05) is 0 Å². The molecule has 0 aromatic rings. The first-order chi connectivity index (χ1) is 12.8. The second-order valence-electron chi connectivity index (χ2n) is 8.69. The van der Waals surface area contributed by atoms with Crippen molar-refractivity contribution in [2.75, 3.05) is 6.61 Å². The van der Waals surface area contributed by atoms with E-state index in [1.54, 1.807) is 27.7 Å². The zero-order valence-electron chi connectivity index (χ0n) is 18.2. The summed E-state index contributed by atoms with van der Waals surface area (Å²) in [6.07, 6.45) is 1.66. The molecule has 3 atom stereocenters. The van der Waals surface area contributed by atoms with Gasteiger partial charge in [0.2, 0.25) is 0 Å². The van der Waals surface area contributed by atoms with Crippen molar-refractivity contribution in [3.63, 3.8) is 0 Å². The highest BCUT2D eigenvalue weighted by molar-refractivity contribution is 5.80. The maximum Gasteiger partial charge on any atom is 0.508 e. The highest BCUT2D eigenvalue weighted by Gasteiger charge is 2.26. The average molecular weight is 404 g/mol. The molecule has 1 amide bonds. The number of carbonyl (C=O) groups excluding carboxylic acids is 2. The summed E-state index contributed by atoms with van der Waals surface area (Å²) < 4.78 is 15.0. The number of rotatable bonds is 11. The number of carboxylic acid groups (broad SMARTS) is 1. The van der Waals surface area contributed by atoms with Gasteiger partial charge in [0.05, 0.1) is 0 Å². The molecule has 0 aromatic heterocycles. The lowest BCUT2D eigenvalue weighted by Gasteiger charge is -2.22. The molecule has 3 unspecified atom stereocenters. The summed E-state index contributed by atoms with van der Waals surface area (Å²) in [5.74, 6) is -0.0598. The lowest BCUT2D eigenvalue weighted by molar-refractivity contribution is -0.140. The maximum atomic E-state index is 11.8. The van der Waals surface area contributed by atoms with Crippen molar-refractivity contribution in [2.24, 2.45) is 11.8 Å². The molecule has 0 radical (unpaired) electrons. The molecular weight excluding hydrogens is 366 g/mol. The van der Waals surface area contributed by atoms with Crippen molar-refractivity contribution in [2.45, 2.75) is 91.9 Å². The molecule has 0 bridgehead atoms. The Bertz CT molecular complexity index is 499. The summed E-state index contributed by atoms with van der Waals surface area (Å²) in [7, 11) is 0. The lowest BCUT2D eigenvalue weighted by Crippen LogP contribution is -2.46. The Morgan fingerprint density at radius 1 is 1.04 bits per heavy atom. The molecule has 0 rings (SSSR count). The molecular formula is C20H37NO7. The van der Waals surface area contributed by atoms with Gasteiger partial charge in [0.15, 0.2) is 6.04 Å². The van der Waals surface area contributed by atoms with Crippen LogP contribution >= 0.6 is 0 Å². The van der Waals surface area contributed by atoms with Crippen molar-refractivity contribution in [3.8, 4) is 0 Å². The minimum atomic E-state index is -1.42. The molecule has 0 aliphatic carbocycles. The van der Waals surface area contributed by atoms with Crippen molar-refractivity contribution in [3.05, 3.63) is 0 Å². The van der Waals surface area contributed by atoms with E-state index >= 15 is 0 Å². The van der Waals surface area contributed by atoms with Gasteiger partial charge in [-0.3, -0.25) is 0 Å². The van der Waals surface area contributed by atoms with E-state index in [1.165, 1.54) is 6.42 Å². The third-order valence-electron chi connectivity index (χ3n) is 3.84. The third-order valence-corrected chi connectivity index (χ3v) is 3.84. The van der Waals surface area contributed by atoms with Crippen LogP contribution in [0.3, 0.4) is 0 Å². The first-order valence-electron chi connectivity index (χ1n) is 9.85. The second-order valence-corrected chi connectivity index (χ2v) is 8.69. The Kier molecular flexibility index (Phi) is 11.6. The van der Waals surface area contributed by atoms with Gasteiger partial charge >= 0.3 is 18.2 Å². The minimum absolute atomic E-state index is 0.333. The van der Waals surface area contributed by atoms with E-state index in [4.69, 9.17) is 19.3 Å². The first-order valence-corrected chi connectivity index (χ1v) is 9.85. The van der Waals surface area contributed by atoms with Crippen LogP contribution in [0, 0.1) is 11.8 Å². The van der Waals surface area contributed by atoms with Crippen molar-refractivity contribution >= 4 is 18.2 Å². The van der Waals surface area contributed by atoms with Gasteiger partial charge in [0.25, 0.3) is 0 Å². The van der Waals surface area contributed by atoms with Crippen LogP contribution in [-0.4, -0.2) is 47.7 Å². The fraction of sp³-hybridized carbons (Fsp3) is 0.850. The Morgan fingerprint density at radius 2 is 1.64 bits per heavy atom. The number of carbonyl (C=O) groups is 3. The lowest BCUT2D eigenvalue weighted by atomic mass is 9.93. The van der Waals surface area contributed by atoms with Crippen molar-refractivity contribution in [1.82, 2.24) is 5.32 Å². The Balaban J connectivity index is 4.23. The molecule has 164 valence electrons. The quantitative estimate of drug-likeness (QED) is 0.493. The van der Waals surface area contributed by atoms with Crippen molar-refractivity contribution < 1.29 is 33.7 Å². The molecule has 0 fully saturated rings. The largest absolute Gasteiger partial charge is 0.508 e. The molecule has 8 nitrogen and oxygen atoms in total. The van der Waals surface area contributed by atoms with E-state index in [2.05, 4.69) is 26.1 Å².